The summed E-state index contributed by atoms with van der Waals surface area (Å²) in [6.45, 7) is 1.91. The molecular weight excluding hydrogens is 380 g/mol. The lowest BCUT2D eigenvalue weighted by Crippen LogP contribution is -2.03. The maximum atomic E-state index is 5.91. The molecule has 0 saturated carbocycles. The third kappa shape index (κ3) is 5.77. The van der Waals surface area contributed by atoms with Gasteiger partial charge in [-0.15, -0.1) is 5.10 Å². The third-order valence-corrected chi connectivity index (χ3v) is 4.97. The molecule has 0 aliphatic carbocycles. The van der Waals surface area contributed by atoms with E-state index in [2.05, 4.69) is 20.2 Å². The van der Waals surface area contributed by atoms with Crippen LogP contribution in [0.4, 0.5) is 5.69 Å². The largest absolute Gasteiger partial charge is 0.497 e. The van der Waals surface area contributed by atoms with Gasteiger partial charge >= 0.3 is 0 Å². The summed E-state index contributed by atoms with van der Waals surface area (Å²) in [5.74, 6) is 1.58. The number of ether oxygens (including phenoxy) is 1. The Bertz CT molecular complexity index is 914. The minimum Gasteiger partial charge on any atom is -0.497 e. The van der Waals surface area contributed by atoms with E-state index in [1.807, 2.05) is 61.7 Å². The number of hydrogen-bond acceptors (Lipinski definition) is 6. The van der Waals surface area contributed by atoms with Gasteiger partial charge in [-0.2, -0.15) is 5.10 Å². The number of nitrogens with zero attached hydrogens (tertiary/aromatic N) is 4. The first-order valence-electron chi connectivity index (χ1n) is 8.38. The van der Waals surface area contributed by atoms with E-state index in [0.29, 0.717) is 11.6 Å². The Morgan fingerprint density at radius 1 is 1.07 bits per heavy atom. The van der Waals surface area contributed by atoms with Gasteiger partial charge in [0.2, 0.25) is 5.16 Å². The van der Waals surface area contributed by atoms with Gasteiger partial charge in [0.05, 0.1) is 24.2 Å². The SMILES string of the molecule is COc1ccc(N=CCc2nc(SCc3ccc(Cl)cc3)nnc2C)cc1. The van der Waals surface area contributed by atoms with E-state index in [4.69, 9.17) is 16.3 Å². The van der Waals surface area contributed by atoms with Gasteiger partial charge in [-0.05, 0) is 48.9 Å². The fourth-order valence-corrected chi connectivity index (χ4v) is 3.17. The number of aromatic nitrogens is 3. The monoisotopic (exact) mass is 398 g/mol. The van der Waals surface area contributed by atoms with Crippen LogP contribution in [0.3, 0.4) is 0 Å². The summed E-state index contributed by atoms with van der Waals surface area (Å²) in [7, 11) is 1.64. The first-order chi connectivity index (χ1) is 13.1. The summed E-state index contributed by atoms with van der Waals surface area (Å²) in [4.78, 5) is 9.08. The van der Waals surface area contributed by atoms with Gasteiger partial charge in [0.15, 0.2) is 0 Å². The number of methoxy groups -OCH3 is 1. The Morgan fingerprint density at radius 2 is 1.81 bits per heavy atom. The Kier molecular flexibility index (Phi) is 6.79. The first kappa shape index (κ1) is 19.3. The fraction of sp³-hybridized carbons (Fsp3) is 0.200. The maximum Gasteiger partial charge on any atom is 0.209 e. The Hall–Kier alpha value is -2.44. The lowest BCUT2D eigenvalue weighted by Gasteiger charge is -2.04. The number of benzene rings is 2. The molecule has 0 unspecified atom stereocenters. The van der Waals surface area contributed by atoms with Crippen LogP contribution >= 0.6 is 23.4 Å². The van der Waals surface area contributed by atoms with Gasteiger partial charge in [-0.25, -0.2) is 4.98 Å². The highest BCUT2D eigenvalue weighted by Crippen LogP contribution is 2.21. The van der Waals surface area contributed by atoms with Crippen molar-refractivity contribution in [2.45, 2.75) is 24.3 Å². The fourth-order valence-electron chi connectivity index (χ4n) is 2.28. The van der Waals surface area contributed by atoms with Gasteiger partial charge in [-0.3, -0.25) is 4.99 Å². The predicted octanol–water partition coefficient (Wildman–Crippen LogP) is 5.08. The highest BCUT2D eigenvalue weighted by molar-refractivity contribution is 7.98. The normalized spacial score (nSPS) is 11.1. The van der Waals surface area contributed by atoms with Crippen LogP contribution in [0, 0.1) is 6.92 Å². The van der Waals surface area contributed by atoms with Gasteiger partial charge in [-0.1, -0.05) is 35.5 Å². The zero-order chi connectivity index (χ0) is 19.1. The molecule has 0 aliphatic rings. The van der Waals surface area contributed by atoms with Crippen molar-refractivity contribution < 1.29 is 4.74 Å². The summed E-state index contributed by atoms with van der Waals surface area (Å²) in [5.41, 5.74) is 3.72. The second-order valence-corrected chi connectivity index (χ2v) is 7.13. The average molecular weight is 399 g/mol. The molecule has 138 valence electrons. The van der Waals surface area contributed by atoms with E-state index < -0.39 is 0 Å². The first-order valence-corrected chi connectivity index (χ1v) is 9.74. The summed E-state index contributed by atoms with van der Waals surface area (Å²) in [5, 5.41) is 9.78. The second-order valence-electron chi connectivity index (χ2n) is 5.76. The summed E-state index contributed by atoms with van der Waals surface area (Å²) >= 11 is 7.46. The van der Waals surface area contributed by atoms with Gasteiger partial charge in [0.1, 0.15) is 5.75 Å². The van der Waals surface area contributed by atoms with Crippen LogP contribution in [0.1, 0.15) is 17.0 Å². The lowest BCUT2D eigenvalue weighted by atomic mass is 10.2. The van der Waals surface area contributed by atoms with Crippen LogP contribution in [0.25, 0.3) is 0 Å². The Labute approximate surface area is 167 Å². The molecular formula is C20H19ClN4OS. The van der Waals surface area contributed by atoms with Crippen molar-refractivity contribution in [3.63, 3.8) is 0 Å². The molecule has 2 aromatic carbocycles. The van der Waals surface area contributed by atoms with Crippen LogP contribution in [0.15, 0.2) is 58.7 Å². The van der Waals surface area contributed by atoms with Crippen molar-refractivity contribution in [2.24, 2.45) is 4.99 Å². The number of aryl methyl sites for hydroxylation is 1. The molecule has 0 bridgehead atoms. The quantitative estimate of drug-likeness (QED) is 0.410. The zero-order valence-corrected chi connectivity index (χ0v) is 16.7. The van der Waals surface area contributed by atoms with Crippen molar-refractivity contribution in [2.75, 3.05) is 7.11 Å². The number of halogens is 1. The second kappa shape index (κ2) is 9.48. The van der Waals surface area contributed by atoms with E-state index in [0.717, 1.165) is 39.2 Å². The smallest absolute Gasteiger partial charge is 0.209 e. The summed E-state index contributed by atoms with van der Waals surface area (Å²) < 4.78 is 5.15. The van der Waals surface area contributed by atoms with E-state index in [1.165, 1.54) is 0 Å². The number of hydrogen-bond donors (Lipinski definition) is 0. The molecule has 0 atom stereocenters. The zero-order valence-electron chi connectivity index (χ0n) is 15.1. The number of aliphatic imine (C=N–C) groups is 1. The van der Waals surface area contributed by atoms with Gasteiger partial charge in [0.25, 0.3) is 0 Å². The van der Waals surface area contributed by atoms with E-state index in [1.54, 1.807) is 18.9 Å². The lowest BCUT2D eigenvalue weighted by molar-refractivity contribution is 0.415. The molecule has 0 spiro atoms. The highest BCUT2D eigenvalue weighted by Gasteiger charge is 2.06. The van der Waals surface area contributed by atoms with Crippen molar-refractivity contribution in [1.29, 1.82) is 0 Å². The Morgan fingerprint density at radius 3 is 2.52 bits per heavy atom. The van der Waals surface area contributed by atoms with Crippen molar-refractivity contribution in [1.82, 2.24) is 15.2 Å². The molecule has 5 nitrogen and oxygen atoms in total. The molecule has 3 rings (SSSR count). The molecule has 0 fully saturated rings. The third-order valence-electron chi connectivity index (χ3n) is 3.81. The van der Waals surface area contributed by atoms with Crippen LogP contribution < -0.4 is 4.74 Å². The van der Waals surface area contributed by atoms with Gasteiger partial charge < -0.3 is 4.74 Å². The number of rotatable bonds is 7. The highest BCUT2D eigenvalue weighted by atomic mass is 35.5. The molecule has 0 amide bonds. The van der Waals surface area contributed by atoms with E-state index in [9.17, 15) is 0 Å². The van der Waals surface area contributed by atoms with Gasteiger partial charge in [0, 0.05) is 23.4 Å². The topological polar surface area (TPSA) is 60.3 Å². The minimum atomic E-state index is 0.599. The van der Waals surface area contributed by atoms with Crippen LogP contribution in [0.2, 0.25) is 5.02 Å². The van der Waals surface area contributed by atoms with Crippen molar-refractivity contribution in [3.8, 4) is 5.75 Å². The molecule has 7 heteroatoms. The molecule has 1 aromatic heterocycles. The standard InChI is InChI=1S/C20H19ClN4OS/c1-14-19(11-12-22-17-7-9-18(26-2)10-8-17)23-20(25-24-14)27-13-15-3-5-16(21)6-4-15/h3-10,12H,11,13H2,1-2H3. The molecule has 0 aliphatic heterocycles. The molecule has 0 radical (unpaired) electrons. The Balaban J connectivity index is 1.62. The van der Waals surface area contributed by atoms with Crippen molar-refractivity contribution >= 4 is 35.3 Å². The molecule has 0 saturated heterocycles. The molecule has 27 heavy (non-hydrogen) atoms. The molecule has 1 heterocycles. The van der Waals surface area contributed by atoms with Crippen LogP contribution in [0.5, 0.6) is 5.75 Å². The average Bonchev–Trinajstić information content (AvgIpc) is 2.70. The van der Waals surface area contributed by atoms with E-state index in [-0.39, 0.29) is 0 Å². The molecule has 0 N–H and O–H groups in total. The van der Waals surface area contributed by atoms with Crippen LogP contribution in [-0.4, -0.2) is 28.5 Å². The predicted molar refractivity (Wildman–Crippen MR) is 110 cm³/mol. The minimum absolute atomic E-state index is 0.599. The number of thioether (sulfide) groups is 1. The van der Waals surface area contributed by atoms with Crippen molar-refractivity contribution in [3.05, 3.63) is 70.5 Å². The van der Waals surface area contributed by atoms with Crippen LogP contribution in [-0.2, 0) is 12.2 Å². The maximum absolute atomic E-state index is 5.91. The van der Waals surface area contributed by atoms with E-state index >= 15 is 0 Å². The molecule has 3 aromatic rings. The summed E-state index contributed by atoms with van der Waals surface area (Å²) in [6, 6.07) is 15.4. The summed E-state index contributed by atoms with van der Waals surface area (Å²) in [6.07, 6.45) is 2.44.